The number of rotatable bonds is 6. The Morgan fingerprint density at radius 1 is 1.09 bits per heavy atom. The van der Waals surface area contributed by atoms with Crippen LogP contribution < -0.4 is 14.4 Å². The van der Waals surface area contributed by atoms with Crippen molar-refractivity contribution in [3.8, 4) is 11.5 Å². The van der Waals surface area contributed by atoms with Gasteiger partial charge < -0.3 is 14.4 Å². The number of carbonyl (C=O) groups is 1. The Bertz CT molecular complexity index is 688. The van der Waals surface area contributed by atoms with Gasteiger partial charge in [-0.2, -0.15) is 0 Å². The number of ether oxygens (including phenoxy) is 2. The van der Waals surface area contributed by atoms with Crippen LogP contribution in [-0.4, -0.2) is 27.2 Å². The van der Waals surface area contributed by atoms with E-state index in [4.69, 9.17) is 9.47 Å². The quantitative estimate of drug-likeness (QED) is 0.819. The number of aryl methyl sites for hydroxylation is 1. The summed E-state index contributed by atoms with van der Waals surface area (Å²) in [5, 5.41) is 0. The van der Waals surface area contributed by atoms with Crippen LogP contribution in [0.3, 0.4) is 0 Å². The summed E-state index contributed by atoms with van der Waals surface area (Å²) in [7, 11) is 4.79. The van der Waals surface area contributed by atoms with Crippen molar-refractivity contribution in [2.75, 3.05) is 26.2 Å². The largest absolute Gasteiger partial charge is 0.493 e. The van der Waals surface area contributed by atoms with Crippen molar-refractivity contribution in [1.82, 2.24) is 0 Å². The van der Waals surface area contributed by atoms with Gasteiger partial charge in [0.15, 0.2) is 11.5 Å². The summed E-state index contributed by atoms with van der Waals surface area (Å²) in [6.45, 7) is 0. The number of hydrogen-bond acceptors (Lipinski definition) is 3. The number of carbonyl (C=O) groups excluding carboxylic acids is 1. The molecule has 5 heteroatoms. The van der Waals surface area contributed by atoms with Gasteiger partial charge in [-0.25, -0.2) is 4.39 Å². The third-order valence-electron chi connectivity index (χ3n) is 3.69. The molecule has 0 bridgehead atoms. The van der Waals surface area contributed by atoms with Crippen LogP contribution in [-0.2, 0) is 11.2 Å². The second kappa shape index (κ2) is 7.63. The topological polar surface area (TPSA) is 38.8 Å². The van der Waals surface area contributed by atoms with Crippen LogP contribution in [0.5, 0.6) is 11.5 Å². The fourth-order valence-corrected chi connectivity index (χ4v) is 2.29. The first-order valence-electron chi connectivity index (χ1n) is 7.28. The molecule has 0 saturated carbocycles. The molecule has 0 fully saturated rings. The average molecular weight is 317 g/mol. The molecule has 23 heavy (non-hydrogen) atoms. The molecule has 0 N–H and O–H groups in total. The van der Waals surface area contributed by atoms with Gasteiger partial charge in [-0.05, 0) is 30.2 Å². The Kier molecular flexibility index (Phi) is 5.57. The maximum atomic E-state index is 13.6. The summed E-state index contributed by atoms with van der Waals surface area (Å²) < 4.78 is 24.0. The van der Waals surface area contributed by atoms with Crippen molar-refractivity contribution in [1.29, 1.82) is 0 Å². The van der Waals surface area contributed by atoms with Crippen LogP contribution in [0.15, 0.2) is 42.5 Å². The number of halogens is 1. The predicted octanol–water partition coefficient (Wildman–Crippen LogP) is 3.44. The number of benzene rings is 2. The summed E-state index contributed by atoms with van der Waals surface area (Å²) in [5.74, 6) is 0.775. The molecule has 0 atom stereocenters. The van der Waals surface area contributed by atoms with E-state index in [0.29, 0.717) is 29.2 Å². The zero-order valence-electron chi connectivity index (χ0n) is 13.5. The molecule has 0 spiro atoms. The van der Waals surface area contributed by atoms with Crippen LogP contribution in [0.1, 0.15) is 12.0 Å². The first kappa shape index (κ1) is 16.8. The van der Waals surface area contributed by atoms with E-state index in [-0.39, 0.29) is 18.1 Å². The fraction of sp³-hybridized carbons (Fsp3) is 0.278. The van der Waals surface area contributed by atoms with Crippen molar-refractivity contribution >= 4 is 11.6 Å². The minimum atomic E-state index is -0.283. The lowest BCUT2D eigenvalue weighted by Gasteiger charge is -2.19. The van der Waals surface area contributed by atoms with E-state index < -0.39 is 0 Å². The number of nitrogens with zero attached hydrogens (tertiary/aromatic N) is 1. The number of methoxy groups -OCH3 is 2. The molecule has 4 nitrogen and oxygen atoms in total. The SMILES string of the molecule is COc1ccc(N(C)C(=O)CCc2ccccc2F)cc1OC. The van der Waals surface area contributed by atoms with Gasteiger partial charge in [0, 0.05) is 25.2 Å². The van der Waals surface area contributed by atoms with Gasteiger partial charge >= 0.3 is 0 Å². The summed E-state index contributed by atoms with van der Waals surface area (Å²) in [5.41, 5.74) is 1.24. The zero-order valence-corrected chi connectivity index (χ0v) is 13.5. The molecule has 0 radical (unpaired) electrons. The van der Waals surface area contributed by atoms with Crippen molar-refractivity contribution in [2.45, 2.75) is 12.8 Å². The molecule has 2 aromatic carbocycles. The summed E-state index contributed by atoms with van der Waals surface area (Å²) in [4.78, 5) is 13.8. The van der Waals surface area contributed by atoms with E-state index in [0.717, 1.165) is 0 Å². The predicted molar refractivity (Wildman–Crippen MR) is 87.7 cm³/mol. The third-order valence-corrected chi connectivity index (χ3v) is 3.69. The molecule has 0 unspecified atom stereocenters. The fourth-order valence-electron chi connectivity index (χ4n) is 2.29. The molecule has 0 aliphatic heterocycles. The summed E-state index contributed by atoms with van der Waals surface area (Å²) >= 11 is 0. The first-order valence-corrected chi connectivity index (χ1v) is 7.28. The molecule has 0 aromatic heterocycles. The molecule has 2 aromatic rings. The smallest absolute Gasteiger partial charge is 0.227 e. The Labute approximate surface area is 135 Å². The Balaban J connectivity index is 2.06. The number of anilines is 1. The Morgan fingerprint density at radius 3 is 2.43 bits per heavy atom. The van der Waals surface area contributed by atoms with E-state index >= 15 is 0 Å². The molecular weight excluding hydrogens is 297 g/mol. The minimum Gasteiger partial charge on any atom is -0.493 e. The van der Waals surface area contributed by atoms with E-state index in [2.05, 4.69) is 0 Å². The third kappa shape index (κ3) is 4.00. The first-order chi connectivity index (χ1) is 11.1. The van der Waals surface area contributed by atoms with Crippen molar-refractivity contribution < 1.29 is 18.7 Å². The average Bonchev–Trinajstić information content (AvgIpc) is 2.59. The highest BCUT2D eigenvalue weighted by molar-refractivity contribution is 5.93. The van der Waals surface area contributed by atoms with Gasteiger partial charge in [0.2, 0.25) is 5.91 Å². The zero-order chi connectivity index (χ0) is 16.8. The lowest BCUT2D eigenvalue weighted by atomic mass is 10.1. The van der Waals surface area contributed by atoms with Crippen molar-refractivity contribution in [2.24, 2.45) is 0 Å². The van der Waals surface area contributed by atoms with Crippen LogP contribution >= 0.6 is 0 Å². The molecule has 0 heterocycles. The molecule has 0 aliphatic carbocycles. The maximum Gasteiger partial charge on any atom is 0.227 e. The van der Waals surface area contributed by atoms with E-state index in [1.807, 2.05) is 0 Å². The number of hydrogen-bond donors (Lipinski definition) is 0. The van der Waals surface area contributed by atoms with Crippen molar-refractivity contribution in [3.63, 3.8) is 0 Å². The van der Waals surface area contributed by atoms with Gasteiger partial charge in [-0.1, -0.05) is 18.2 Å². The van der Waals surface area contributed by atoms with E-state index in [1.54, 1.807) is 57.7 Å². The molecule has 122 valence electrons. The Morgan fingerprint density at radius 2 is 1.78 bits per heavy atom. The van der Waals surface area contributed by atoms with Crippen LogP contribution in [0.4, 0.5) is 10.1 Å². The maximum absolute atomic E-state index is 13.6. The van der Waals surface area contributed by atoms with Gasteiger partial charge in [0.1, 0.15) is 5.82 Å². The highest BCUT2D eigenvalue weighted by Gasteiger charge is 2.14. The minimum absolute atomic E-state index is 0.0968. The monoisotopic (exact) mass is 317 g/mol. The molecule has 1 amide bonds. The number of amides is 1. The lowest BCUT2D eigenvalue weighted by Crippen LogP contribution is -2.26. The van der Waals surface area contributed by atoms with Gasteiger partial charge in [-0.3, -0.25) is 4.79 Å². The van der Waals surface area contributed by atoms with Crippen molar-refractivity contribution in [3.05, 3.63) is 53.8 Å². The summed E-state index contributed by atoms with van der Waals surface area (Å²) in [6, 6.07) is 11.8. The van der Waals surface area contributed by atoms with E-state index in [1.165, 1.54) is 11.0 Å². The van der Waals surface area contributed by atoms with Gasteiger partial charge in [0.25, 0.3) is 0 Å². The van der Waals surface area contributed by atoms with E-state index in [9.17, 15) is 9.18 Å². The van der Waals surface area contributed by atoms with Crippen LogP contribution in [0.25, 0.3) is 0 Å². The normalized spacial score (nSPS) is 10.3. The molecule has 0 saturated heterocycles. The highest BCUT2D eigenvalue weighted by Crippen LogP contribution is 2.31. The van der Waals surface area contributed by atoms with Crippen LogP contribution in [0, 0.1) is 5.82 Å². The molecule has 0 aliphatic rings. The summed E-state index contributed by atoms with van der Waals surface area (Å²) in [6.07, 6.45) is 0.592. The van der Waals surface area contributed by atoms with Gasteiger partial charge in [0.05, 0.1) is 14.2 Å². The molecule has 2 rings (SSSR count). The standard InChI is InChI=1S/C18H20FNO3/c1-20(14-9-10-16(22-2)17(12-14)23-3)18(21)11-8-13-6-4-5-7-15(13)19/h4-7,9-10,12H,8,11H2,1-3H3. The lowest BCUT2D eigenvalue weighted by molar-refractivity contribution is -0.118. The Hall–Kier alpha value is -2.56. The second-order valence-corrected chi connectivity index (χ2v) is 5.08. The highest BCUT2D eigenvalue weighted by atomic mass is 19.1. The second-order valence-electron chi connectivity index (χ2n) is 5.08. The van der Waals surface area contributed by atoms with Crippen LogP contribution in [0.2, 0.25) is 0 Å². The molecular formula is C18H20FNO3. The van der Waals surface area contributed by atoms with Gasteiger partial charge in [-0.15, -0.1) is 0 Å².